The molecule has 56 heavy (non-hydrogen) atoms. The van der Waals surface area contributed by atoms with Gasteiger partial charge in [-0.05, 0) is 188 Å². The Morgan fingerprint density at radius 2 is 0.643 bits per heavy atom. The number of hydrogen-bond acceptors (Lipinski definition) is 8. The summed E-state index contributed by atoms with van der Waals surface area (Å²) in [6.45, 7) is 30.8. The van der Waals surface area contributed by atoms with Gasteiger partial charge < -0.3 is 20.4 Å². The average molecular weight is 791 g/mol. The normalized spacial score (nSPS) is 29.6. The molecule has 0 spiro atoms. The second-order valence-electron chi connectivity index (χ2n) is 23.0. The molecule has 4 rings (SSSR count). The number of likely N-dealkylation sites (tertiary alicyclic amines) is 4. The van der Waals surface area contributed by atoms with Gasteiger partial charge in [0.1, 0.15) is 0 Å². The highest BCUT2D eigenvalue weighted by atomic mass is 16.4. The summed E-state index contributed by atoms with van der Waals surface area (Å²) in [5.74, 6) is -6.27. The summed E-state index contributed by atoms with van der Waals surface area (Å²) in [6, 6.07) is 0. The van der Waals surface area contributed by atoms with Crippen molar-refractivity contribution in [3.8, 4) is 0 Å². The summed E-state index contributed by atoms with van der Waals surface area (Å²) in [4.78, 5) is 68.8. The Morgan fingerprint density at radius 3 is 0.857 bits per heavy atom. The van der Waals surface area contributed by atoms with Crippen LogP contribution in [0.15, 0.2) is 0 Å². The largest absolute Gasteiger partial charge is 0.481 e. The second-order valence-corrected chi connectivity index (χ2v) is 23.0. The van der Waals surface area contributed by atoms with E-state index in [-0.39, 0.29) is 0 Å². The SMILES string of the molecule is CC1(C)CCCC(C)(C)N1C(CC(=O)O)(C(=O)O)C(C(=O)O)(N1C(C)(C)CCCC1(C)C)C(C(=O)O)(N1C(C)(C)CCCC1(C)C)N1C(C)(C)CCCC1(C)C. The van der Waals surface area contributed by atoms with Crippen molar-refractivity contribution in [2.45, 2.75) is 255 Å². The first-order chi connectivity index (χ1) is 25.0. The Kier molecular flexibility index (Phi) is 11.5. The van der Waals surface area contributed by atoms with E-state index in [2.05, 4.69) is 0 Å². The van der Waals surface area contributed by atoms with Gasteiger partial charge >= 0.3 is 23.9 Å². The van der Waals surface area contributed by atoms with Gasteiger partial charge in [-0.25, -0.2) is 9.59 Å². The molecule has 4 fully saturated rings. The molecule has 0 aromatic heterocycles. The Labute approximate surface area is 337 Å². The zero-order valence-electron chi connectivity index (χ0n) is 37.9. The van der Waals surface area contributed by atoms with E-state index in [1.54, 1.807) is 9.80 Å². The smallest absolute Gasteiger partial charge is 0.342 e. The number of nitrogens with zero attached hydrogens (tertiary/aromatic N) is 4. The highest BCUT2D eigenvalue weighted by Gasteiger charge is 2.88. The Balaban J connectivity index is 2.66. The third-order valence-corrected chi connectivity index (χ3v) is 15.0. The van der Waals surface area contributed by atoms with Crippen LogP contribution in [0, 0.1) is 0 Å². The minimum absolute atomic E-state index is 0.441. The zero-order valence-corrected chi connectivity index (χ0v) is 37.9. The van der Waals surface area contributed by atoms with Gasteiger partial charge in [0.15, 0.2) is 11.1 Å². The van der Waals surface area contributed by atoms with Gasteiger partial charge in [-0.1, -0.05) is 0 Å². The first-order valence-electron chi connectivity index (χ1n) is 21.2. The molecule has 0 saturated carbocycles. The lowest BCUT2D eigenvalue weighted by Gasteiger charge is -2.78. The lowest BCUT2D eigenvalue weighted by atomic mass is 9.53. The maximum Gasteiger partial charge on any atom is 0.342 e. The molecule has 2 unspecified atom stereocenters. The molecule has 0 aromatic carbocycles. The fourth-order valence-corrected chi connectivity index (χ4v) is 14.4. The van der Waals surface area contributed by atoms with Crippen molar-refractivity contribution in [3.63, 3.8) is 0 Å². The molecule has 2 atom stereocenters. The molecule has 0 aromatic rings. The van der Waals surface area contributed by atoms with Crippen molar-refractivity contribution in [3.05, 3.63) is 0 Å². The van der Waals surface area contributed by atoms with Crippen LogP contribution in [-0.2, 0) is 19.2 Å². The quantitative estimate of drug-likeness (QED) is 0.160. The van der Waals surface area contributed by atoms with E-state index in [9.17, 15) is 25.2 Å². The number of aliphatic carboxylic acids is 4. The highest BCUT2D eigenvalue weighted by molar-refractivity contribution is 6.03. The second kappa shape index (κ2) is 13.9. The van der Waals surface area contributed by atoms with Crippen molar-refractivity contribution >= 4 is 23.9 Å². The molecule has 4 N–H and O–H groups in total. The van der Waals surface area contributed by atoms with E-state index in [4.69, 9.17) is 0 Å². The van der Waals surface area contributed by atoms with Crippen molar-refractivity contribution in [2.75, 3.05) is 0 Å². The van der Waals surface area contributed by atoms with E-state index in [0.29, 0.717) is 64.2 Å². The molecule has 0 radical (unpaired) electrons. The summed E-state index contributed by atoms with van der Waals surface area (Å²) in [5.41, 5.74) is -17.0. The van der Waals surface area contributed by atoms with Crippen LogP contribution in [0.25, 0.3) is 0 Å². The molecule has 0 aliphatic carbocycles. The lowest BCUT2D eigenvalue weighted by molar-refractivity contribution is -0.326. The van der Waals surface area contributed by atoms with Crippen LogP contribution in [0.5, 0.6) is 0 Å². The Hall–Kier alpha value is -2.28. The van der Waals surface area contributed by atoms with Gasteiger partial charge in [0.2, 0.25) is 5.66 Å². The van der Waals surface area contributed by atoms with Crippen LogP contribution in [0.4, 0.5) is 0 Å². The fourth-order valence-electron chi connectivity index (χ4n) is 14.4. The van der Waals surface area contributed by atoms with Crippen molar-refractivity contribution in [1.82, 2.24) is 19.6 Å². The van der Waals surface area contributed by atoms with E-state index < -0.39 is 91.4 Å². The predicted octanol–water partition coefficient (Wildman–Crippen LogP) is 8.06. The molecule has 4 saturated heterocycles. The van der Waals surface area contributed by atoms with E-state index >= 15 is 14.4 Å². The molecule has 12 heteroatoms. The van der Waals surface area contributed by atoms with E-state index in [0.717, 1.165) is 12.8 Å². The maximum absolute atomic E-state index is 16.1. The Bertz CT molecular complexity index is 1480. The van der Waals surface area contributed by atoms with Gasteiger partial charge in [0.25, 0.3) is 0 Å². The first-order valence-corrected chi connectivity index (χ1v) is 21.2. The third kappa shape index (κ3) is 6.53. The van der Waals surface area contributed by atoms with Crippen LogP contribution < -0.4 is 0 Å². The number of piperidine rings is 4. The third-order valence-electron chi connectivity index (χ3n) is 15.0. The molecule has 12 nitrogen and oxygen atoms in total. The average Bonchev–Trinajstić information content (AvgIpc) is 2.94. The van der Waals surface area contributed by atoms with Gasteiger partial charge in [-0.2, -0.15) is 0 Å². The summed E-state index contributed by atoms with van der Waals surface area (Å²) in [7, 11) is 0. The molecule has 4 aliphatic rings. The maximum atomic E-state index is 16.1. The summed E-state index contributed by atoms with van der Waals surface area (Å²) in [6.07, 6.45) is 5.57. The van der Waals surface area contributed by atoms with E-state index in [1.807, 2.05) is 121 Å². The number of hydrogen-bond donors (Lipinski definition) is 4. The zero-order chi connectivity index (χ0) is 43.3. The molecular weight excluding hydrogens is 713 g/mol. The number of carboxylic acids is 4. The molecule has 4 aliphatic heterocycles. The lowest BCUT2D eigenvalue weighted by Crippen LogP contribution is -3.00. The van der Waals surface area contributed by atoms with Crippen molar-refractivity contribution in [1.29, 1.82) is 0 Å². The predicted molar refractivity (Wildman–Crippen MR) is 219 cm³/mol. The molecule has 0 bridgehead atoms. The van der Waals surface area contributed by atoms with Gasteiger partial charge in [-0.15, -0.1) is 0 Å². The van der Waals surface area contributed by atoms with Crippen LogP contribution >= 0.6 is 0 Å². The van der Waals surface area contributed by atoms with Crippen LogP contribution in [-0.4, -0.2) is 125 Å². The fraction of sp³-hybridized carbons (Fsp3) is 0.909. The van der Waals surface area contributed by atoms with Crippen LogP contribution in [0.3, 0.4) is 0 Å². The summed E-state index contributed by atoms with van der Waals surface area (Å²) < 4.78 is 0. The number of carbonyl (C=O) groups is 4. The van der Waals surface area contributed by atoms with Gasteiger partial charge in [0, 0.05) is 44.3 Å². The molecule has 0 amide bonds. The van der Waals surface area contributed by atoms with Gasteiger partial charge in [-0.3, -0.25) is 29.2 Å². The number of carboxylic acid groups (broad SMARTS) is 4. The number of rotatable bonds is 11. The molecule has 322 valence electrons. The van der Waals surface area contributed by atoms with Crippen molar-refractivity contribution in [2.24, 2.45) is 0 Å². The highest BCUT2D eigenvalue weighted by Crippen LogP contribution is 2.65. The first kappa shape index (κ1) is 46.4. The van der Waals surface area contributed by atoms with E-state index in [1.165, 1.54) is 0 Å². The minimum Gasteiger partial charge on any atom is -0.481 e. The Morgan fingerprint density at radius 1 is 0.393 bits per heavy atom. The topological polar surface area (TPSA) is 162 Å². The van der Waals surface area contributed by atoms with Gasteiger partial charge in [0.05, 0.1) is 6.42 Å². The van der Waals surface area contributed by atoms with Crippen LogP contribution in [0.2, 0.25) is 0 Å². The molecule has 4 heterocycles. The minimum atomic E-state index is -3.01. The summed E-state index contributed by atoms with van der Waals surface area (Å²) in [5, 5.41) is 50.0. The van der Waals surface area contributed by atoms with Crippen molar-refractivity contribution < 1.29 is 39.6 Å². The summed E-state index contributed by atoms with van der Waals surface area (Å²) >= 11 is 0. The monoisotopic (exact) mass is 791 g/mol. The molecular formula is C44H78N4O8. The van der Waals surface area contributed by atoms with Crippen LogP contribution in [0.1, 0.15) is 194 Å². The standard InChI is InChI=1S/C44H78N4O8/c1-34(2)21-17-22-35(3,4)45(34)42(31(51)52,29-30(49)50)43(32(53)54,46-36(5,6)23-18-24-37(46,7)8)44(33(55)56,47-38(9,10)25-19-26-39(47,11)12)48-40(13,14)27-20-28-41(48,15)16/h17-29H2,1-16H3,(H,49,50)(H,51,52)(H,53,54)(H,55,56).